The van der Waals surface area contributed by atoms with Crippen LogP contribution in [0.3, 0.4) is 0 Å². The Kier molecular flexibility index (Phi) is 4.81. The van der Waals surface area contributed by atoms with Gasteiger partial charge in [-0.3, -0.25) is 4.79 Å². The van der Waals surface area contributed by atoms with Crippen molar-refractivity contribution < 1.29 is 4.79 Å². The third kappa shape index (κ3) is 3.75. The molecule has 0 atom stereocenters. The molecule has 0 radical (unpaired) electrons. The summed E-state index contributed by atoms with van der Waals surface area (Å²) in [4.78, 5) is 24.9. The van der Waals surface area contributed by atoms with Crippen molar-refractivity contribution in [2.75, 3.05) is 10.6 Å². The molecular formula is C17H17N5OS. The van der Waals surface area contributed by atoms with Crippen LogP contribution in [0.25, 0.3) is 0 Å². The van der Waals surface area contributed by atoms with Crippen molar-refractivity contribution in [2.45, 2.75) is 19.8 Å². The van der Waals surface area contributed by atoms with Gasteiger partial charge in [-0.1, -0.05) is 32.0 Å². The number of hydrogen-bond acceptors (Lipinski definition) is 6. The lowest BCUT2D eigenvalue weighted by atomic mass is 10.0. The van der Waals surface area contributed by atoms with Gasteiger partial charge >= 0.3 is 0 Å². The van der Waals surface area contributed by atoms with Gasteiger partial charge in [-0.2, -0.15) is 0 Å². The number of carbonyl (C=O) groups excluding carboxylic acids is 1. The van der Waals surface area contributed by atoms with Crippen LogP contribution >= 0.6 is 11.3 Å². The number of amides is 1. The summed E-state index contributed by atoms with van der Waals surface area (Å²) in [7, 11) is 0. The fourth-order valence-corrected chi connectivity index (χ4v) is 2.88. The molecule has 0 saturated heterocycles. The quantitative estimate of drug-likeness (QED) is 0.733. The van der Waals surface area contributed by atoms with Gasteiger partial charge in [0.1, 0.15) is 5.69 Å². The van der Waals surface area contributed by atoms with Crippen LogP contribution in [0.4, 0.5) is 16.8 Å². The topological polar surface area (TPSA) is 79.8 Å². The SMILES string of the molecule is CC(C)c1ccccc1NC(=O)c1csc(Nc2ncccn2)n1. The number of carbonyl (C=O) groups is 1. The molecule has 0 spiro atoms. The molecular weight excluding hydrogens is 322 g/mol. The standard InChI is InChI=1S/C17H17N5OS/c1-11(2)12-6-3-4-7-13(12)20-15(23)14-10-24-17(21-14)22-16-18-8-5-9-19-16/h3-11H,1-2H3,(H,20,23)(H,18,19,21,22). The Morgan fingerprint density at radius 3 is 2.62 bits per heavy atom. The highest BCUT2D eigenvalue weighted by atomic mass is 32.1. The van der Waals surface area contributed by atoms with Crippen molar-refractivity contribution in [1.82, 2.24) is 15.0 Å². The minimum atomic E-state index is -0.235. The molecule has 0 aliphatic rings. The van der Waals surface area contributed by atoms with Crippen LogP contribution < -0.4 is 10.6 Å². The Hall–Kier alpha value is -2.80. The Balaban J connectivity index is 1.73. The molecule has 1 aromatic carbocycles. The Morgan fingerprint density at radius 2 is 1.88 bits per heavy atom. The zero-order valence-corrected chi connectivity index (χ0v) is 14.2. The highest BCUT2D eigenvalue weighted by Crippen LogP contribution is 2.25. The van der Waals surface area contributed by atoms with E-state index in [9.17, 15) is 4.79 Å². The molecule has 0 fully saturated rings. The van der Waals surface area contributed by atoms with Crippen LogP contribution in [-0.4, -0.2) is 20.9 Å². The summed E-state index contributed by atoms with van der Waals surface area (Å²) in [5.74, 6) is 0.537. The highest BCUT2D eigenvalue weighted by molar-refractivity contribution is 7.14. The molecule has 2 N–H and O–H groups in total. The molecule has 2 heterocycles. The van der Waals surface area contributed by atoms with Crippen molar-refractivity contribution in [3.63, 3.8) is 0 Å². The Morgan fingerprint density at radius 1 is 1.12 bits per heavy atom. The molecule has 122 valence electrons. The largest absolute Gasteiger partial charge is 0.320 e. The van der Waals surface area contributed by atoms with Crippen LogP contribution in [-0.2, 0) is 0 Å². The smallest absolute Gasteiger partial charge is 0.275 e. The van der Waals surface area contributed by atoms with Gasteiger partial charge in [0, 0.05) is 23.5 Å². The van der Waals surface area contributed by atoms with Gasteiger partial charge in [0.2, 0.25) is 5.95 Å². The van der Waals surface area contributed by atoms with E-state index in [1.54, 1.807) is 23.8 Å². The number of rotatable bonds is 5. The third-order valence-corrected chi connectivity index (χ3v) is 4.11. The number of anilines is 3. The first-order chi connectivity index (χ1) is 11.6. The number of hydrogen-bond donors (Lipinski definition) is 2. The molecule has 0 unspecified atom stereocenters. The lowest BCUT2D eigenvalue weighted by molar-refractivity contribution is 0.102. The molecule has 0 aliphatic carbocycles. The average molecular weight is 339 g/mol. The first-order valence-corrected chi connectivity index (χ1v) is 8.41. The molecule has 0 aliphatic heterocycles. The molecule has 7 heteroatoms. The number of benzene rings is 1. The number of nitrogens with one attached hydrogen (secondary N) is 2. The van der Waals surface area contributed by atoms with Crippen molar-refractivity contribution in [2.24, 2.45) is 0 Å². The molecule has 3 aromatic rings. The van der Waals surface area contributed by atoms with E-state index in [1.165, 1.54) is 11.3 Å². The van der Waals surface area contributed by atoms with E-state index in [0.29, 0.717) is 22.7 Å². The third-order valence-electron chi connectivity index (χ3n) is 3.35. The maximum atomic E-state index is 12.4. The van der Waals surface area contributed by atoms with E-state index in [-0.39, 0.29) is 5.91 Å². The minimum Gasteiger partial charge on any atom is -0.320 e. The molecule has 0 saturated carbocycles. The zero-order valence-electron chi connectivity index (χ0n) is 13.4. The van der Waals surface area contributed by atoms with Crippen molar-refractivity contribution in [1.29, 1.82) is 0 Å². The molecule has 0 bridgehead atoms. The van der Waals surface area contributed by atoms with Gasteiger partial charge in [0.15, 0.2) is 5.13 Å². The first kappa shape index (κ1) is 16.1. The van der Waals surface area contributed by atoms with Crippen LogP contribution in [0.1, 0.15) is 35.8 Å². The monoisotopic (exact) mass is 339 g/mol. The number of aromatic nitrogens is 3. The van der Waals surface area contributed by atoms with Crippen molar-refractivity contribution in [3.05, 3.63) is 59.4 Å². The summed E-state index contributed by atoms with van der Waals surface area (Å²) < 4.78 is 0. The van der Waals surface area contributed by atoms with E-state index in [4.69, 9.17) is 0 Å². The predicted octanol–water partition coefficient (Wildman–Crippen LogP) is 4.05. The van der Waals surface area contributed by atoms with E-state index >= 15 is 0 Å². The number of para-hydroxylation sites is 1. The first-order valence-electron chi connectivity index (χ1n) is 7.53. The summed E-state index contributed by atoms with van der Waals surface area (Å²) in [6.45, 7) is 4.19. The van der Waals surface area contributed by atoms with Gasteiger partial charge in [-0.05, 0) is 23.6 Å². The van der Waals surface area contributed by atoms with E-state index < -0.39 is 0 Å². The summed E-state index contributed by atoms with van der Waals surface area (Å²) in [6, 6.07) is 9.52. The van der Waals surface area contributed by atoms with Gasteiger partial charge < -0.3 is 10.6 Å². The van der Waals surface area contributed by atoms with E-state index in [0.717, 1.165) is 11.3 Å². The van der Waals surface area contributed by atoms with Gasteiger partial charge in [0.25, 0.3) is 5.91 Å². The minimum absolute atomic E-state index is 0.235. The normalized spacial score (nSPS) is 10.6. The molecule has 2 aromatic heterocycles. The van der Waals surface area contributed by atoms with Crippen LogP contribution in [0.5, 0.6) is 0 Å². The fraction of sp³-hybridized carbons (Fsp3) is 0.176. The number of nitrogens with zero attached hydrogens (tertiary/aromatic N) is 3. The zero-order chi connectivity index (χ0) is 16.9. The summed E-state index contributed by atoms with van der Waals surface area (Å²) in [5, 5.41) is 8.19. The average Bonchev–Trinajstić information content (AvgIpc) is 3.05. The molecule has 24 heavy (non-hydrogen) atoms. The van der Waals surface area contributed by atoms with Gasteiger partial charge in [0.05, 0.1) is 0 Å². The van der Waals surface area contributed by atoms with Gasteiger partial charge in [-0.25, -0.2) is 15.0 Å². The van der Waals surface area contributed by atoms with Gasteiger partial charge in [-0.15, -0.1) is 11.3 Å². The van der Waals surface area contributed by atoms with Crippen LogP contribution in [0.2, 0.25) is 0 Å². The Bertz CT molecular complexity index is 832. The maximum absolute atomic E-state index is 12.4. The van der Waals surface area contributed by atoms with E-state index in [1.807, 2.05) is 24.3 Å². The lowest BCUT2D eigenvalue weighted by Gasteiger charge is -2.12. The Labute approximate surface area is 144 Å². The number of thiazole rings is 1. The van der Waals surface area contributed by atoms with Crippen LogP contribution in [0, 0.1) is 0 Å². The van der Waals surface area contributed by atoms with Crippen molar-refractivity contribution >= 4 is 34.0 Å². The second kappa shape index (κ2) is 7.18. The fourth-order valence-electron chi connectivity index (χ4n) is 2.20. The summed E-state index contributed by atoms with van der Waals surface area (Å²) in [5.41, 5.74) is 2.26. The molecule has 3 rings (SSSR count). The predicted molar refractivity (Wildman–Crippen MR) is 95.9 cm³/mol. The molecule has 1 amide bonds. The second-order valence-corrected chi connectivity index (χ2v) is 6.29. The van der Waals surface area contributed by atoms with Crippen molar-refractivity contribution in [3.8, 4) is 0 Å². The summed E-state index contributed by atoms with van der Waals surface area (Å²) >= 11 is 1.33. The molecule has 6 nitrogen and oxygen atoms in total. The lowest BCUT2D eigenvalue weighted by Crippen LogP contribution is -2.14. The van der Waals surface area contributed by atoms with Crippen LogP contribution in [0.15, 0.2) is 48.1 Å². The van der Waals surface area contributed by atoms with E-state index in [2.05, 4.69) is 39.4 Å². The second-order valence-electron chi connectivity index (χ2n) is 5.43. The summed E-state index contributed by atoms with van der Waals surface area (Å²) in [6.07, 6.45) is 3.28. The highest BCUT2D eigenvalue weighted by Gasteiger charge is 2.14. The maximum Gasteiger partial charge on any atom is 0.275 e.